The van der Waals surface area contributed by atoms with Gasteiger partial charge in [0, 0.05) is 27.5 Å². The van der Waals surface area contributed by atoms with Crippen molar-refractivity contribution in [3.63, 3.8) is 0 Å². The number of rotatable bonds is 2. The lowest BCUT2D eigenvalue weighted by molar-refractivity contribution is 0.0615. The Morgan fingerprint density at radius 2 is 1.91 bits per heavy atom. The predicted octanol–water partition coefficient (Wildman–Crippen LogP) is 4.86. The highest BCUT2D eigenvalue weighted by Crippen LogP contribution is 2.48. The van der Waals surface area contributed by atoms with E-state index in [1.807, 2.05) is 42.3 Å². The number of alkyl halides is 1. The molecule has 114 valence electrons. The van der Waals surface area contributed by atoms with Gasteiger partial charge in [0.2, 0.25) is 0 Å². The summed E-state index contributed by atoms with van der Waals surface area (Å²) in [5.41, 5.74) is 2.79. The van der Waals surface area contributed by atoms with Gasteiger partial charge in [0.05, 0.1) is 6.04 Å². The highest BCUT2D eigenvalue weighted by molar-refractivity contribution is 14.1. The summed E-state index contributed by atoms with van der Waals surface area (Å²) in [6, 6.07) is 15.8. The van der Waals surface area contributed by atoms with E-state index in [9.17, 15) is 4.79 Å². The number of carbonyl (C=O) groups excluding carboxylic acids is 1. The average molecular weight is 426 g/mol. The maximum Gasteiger partial charge on any atom is 0.254 e. The zero-order valence-corrected chi connectivity index (χ0v) is 15.4. The summed E-state index contributed by atoms with van der Waals surface area (Å²) in [5.74, 6) is 0.0582. The molecule has 1 aliphatic heterocycles. The van der Waals surface area contributed by atoms with Crippen LogP contribution in [0.3, 0.4) is 0 Å². The number of hydrogen-bond donors (Lipinski definition) is 0. The Morgan fingerprint density at radius 3 is 2.55 bits per heavy atom. The highest BCUT2D eigenvalue weighted by atomic mass is 127. The summed E-state index contributed by atoms with van der Waals surface area (Å²) < 4.78 is 0.898. The van der Waals surface area contributed by atoms with Crippen LogP contribution < -0.4 is 0 Å². The van der Waals surface area contributed by atoms with Crippen LogP contribution in [-0.2, 0) is 5.41 Å². The van der Waals surface area contributed by atoms with Crippen LogP contribution >= 0.6 is 34.2 Å². The summed E-state index contributed by atoms with van der Waals surface area (Å²) in [7, 11) is 1.89. The third-order valence-electron chi connectivity index (χ3n) is 4.53. The monoisotopic (exact) mass is 425 g/mol. The lowest BCUT2D eigenvalue weighted by Crippen LogP contribution is -2.49. The maximum absolute atomic E-state index is 12.8. The summed E-state index contributed by atoms with van der Waals surface area (Å²) >= 11 is 8.62. The van der Waals surface area contributed by atoms with E-state index in [1.165, 1.54) is 0 Å². The van der Waals surface area contributed by atoms with Crippen molar-refractivity contribution >= 4 is 40.1 Å². The number of likely N-dealkylation sites (N-methyl/N-ethyl adjacent to an activating group) is 1. The second-order valence-corrected chi connectivity index (χ2v) is 7.17. The molecule has 1 amide bonds. The van der Waals surface area contributed by atoms with Gasteiger partial charge >= 0.3 is 0 Å². The Balaban J connectivity index is 2.26. The molecule has 2 atom stereocenters. The summed E-state index contributed by atoms with van der Waals surface area (Å²) in [4.78, 5) is 14.7. The molecule has 0 bridgehead atoms. The summed E-state index contributed by atoms with van der Waals surface area (Å²) in [6.45, 7) is 2.22. The van der Waals surface area contributed by atoms with Crippen molar-refractivity contribution in [2.45, 2.75) is 18.4 Å². The van der Waals surface area contributed by atoms with Crippen molar-refractivity contribution in [2.75, 3.05) is 11.5 Å². The fourth-order valence-corrected chi connectivity index (χ4v) is 4.43. The fraction of sp³-hybridized carbons (Fsp3) is 0.278. The second kappa shape index (κ2) is 5.85. The molecule has 0 N–H and O–H groups in total. The minimum Gasteiger partial charge on any atom is -0.334 e. The van der Waals surface area contributed by atoms with Gasteiger partial charge < -0.3 is 4.90 Å². The number of fused-ring (bicyclic) bond motifs is 1. The molecular weight excluding hydrogens is 409 g/mol. The molecule has 0 aromatic heterocycles. The minimum atomic E-state index is -0.176. The van der Waals surface area contributed by atoms with Crippen LogP contribution in [0.15, 0.2) is 48.5 Å². The Kier molecular flexibility index (Phi) is 4.21. The molecule has 0 unspecified atom stereocenters. The van der Waals surface area contributed by atoms with Gasteiger partial charge in [0.15, 0.2) is 0 Å². The molecule has 0 aliphatic carbocycles. The number of benzene rings is 2. The van der Waals surface area contributed by atoms with Gasteiger partial charge in [-0.05, 0) is 29.3 Å². The smallest absolute Gasteiger partial charge is 0.254 e. The van der Waals surface area contributed by atoms with Crippen LogP contribution in [0, 0.1) is 0 Å². The number of nitrogens with zero attached hydrogens (tertiary/aromatic N) is 1. The summed E-state index contributed by atoms with van der Waals surface area (Å²) in [6.07, 6.45) is 0. The van der Waals surface area contributed by atoms with Crippen molar-refractivity contribution in [1.29, 1.82) is 0 Å². The molecule has 2 aromatic carbocycles. The van der Waals surface area contributed by atoms with E-state index in [4.69, 9.17) is 11.6 Å². The molecule has 1 heterocycles. The Bertz CT molecular complexity index is 718. The third-order valence-corrected chi connectivity index (χ3v) is 6.35. The van der Waals surface area contributed by atoms with Gasteiger partial charge in [-0.15, -0.1) is 0 Å². The number of carbonyl (C=O) groups is 1. The van der Waals surface area contributed by atoms with Crippen LogP contribution in [-0.4, -0.2) is 22.3 Å². The van der Waals surface area contributed by atoms with Crippen LogP contribution in [0.4, 0.5) is 0 Å². The molecule has 0 fully saturated rings. The quantitative estimate of drug-likeness (QED) is 0.497. The molecule has 0 spiro atoms. The topological polar surface area (TPSA) is 20.3 Å². The fourth-order valence-electron chi connectivity index (χ4n) is 3.43. The first-order chi connectivity index (χ1) is 10.5. The van der Waals surface area contributed by atoms with Crippen molar-refractivity contribution in [3.05, 3.63) is 70.2 Å². The van der Waals surface area contributed by atoms with E-state index in [2.05, 4.69) is 41.6 Å². The van der Waals surface area contributed by atoms with Crippen molar-refractivity contribution < 1.29 is 4.79 Å². The van der Waals surface area contributed by atoms with Crippen molar-refractivity contribution in [2.24, 2.45) is 0 Å². The molecule has 3 rings (SSSR count). The van der Waals surface area contributed by atoms with Crippen LogP contribution in [0.1, 0.15) is 34.5 Å². The van der Waals surface area contributed by atoms with E-state index in [0.29, 0.717) is 5.02 Å². The van der Waals surface area contributed by atoms with Crippen LogP contribution in [0.25, 0.3) is 0 Å². The molecule has 0 radical (unpaired) electrons. The lowest BCUT2D eigenvalue weighted by Gasteiger charge is -2.47. The molecule has 2 nitrogen and oxygen atoms in total. The van der Waals surface area contributed by atoms with Gasteiger partial charge in [-0.1, -0.05) is 71.4 Å². The van der Waals surface area contributed by atoms with Gasteiger partial charge in [0.25, 0.3) is 5.91 Å². The standard InChI is InChI=1S/C18H17ClINO/c1-18(11-20)15-10-13(19)8-9-14(15)17(22)21(2)16(18)12-6-4-3-5-7-12/h3-10,16H,11H2,1-2H3/t16-,18-/m1/s1. The van der Waals surface area contributed by atoms with Gasteiger partial charge in [-0.2, -0.15) is 0 Å². The Labute approximate surface area is 149 Å². The first-order valence-corrected chi connectivity index (χ1v) is 9.07. The number of halogens is 2. The zero-order chi connectivity index (χ0) is 15.9. The van der Waals surface area contributed by atoms with Crippen LogP contribution in [0.5, 0.6) is 0 Å². The first kappa shape index (κ1) is 15.8. The molecule has 0 saturated carbocycles. The lowest BCUT2D eigenvalue weighted by atomic mass is 9.70. The van der Waals surface area contributed by atoms with Gasteiger partial charge in [-0.3, -0.25) is 4.79 Å². The summed E-state index contributed by atoms with van der Waals surface area (Å²) in [5, 5.41) is 0.680. The van der Waals surface area contributed by atoms with Crippen molar-refractivity contribution in [3.8, 4) is 0 Å². The van der Waals surface area contributed by atoms with E-state index < -0.39 is 0 Å². The maximum atomic E-state index is 12.8. The molecule has 2 aromatic rings. The zero-order valence-electron chi connectivity index (χ0n) is 12.5. The SMILES string of the molecule is CN1C(=O)c2ccc(Cl)cc2[C@@](C)(CI)[C@H]1c1ccccc1. The molecule has 1 aliphatic rings. The van der Waals surface area contributed by atoms with Crippen LogP contribution in [0.2, 0.25) is 5.02 Å². The van der Waals surface area contributed by atoms with E-state index in [1.54, 1.807) is 6.07 Å². The van der Waals surface area contributed by atoms with Gasteiger partial charge in [0.1, 0.15) is 0 Å². The Hall–Kier alpha value is -1.07. The molecular formula is C18H17ClINO. The number of amides is 1. The molecule has 4 heteroatoms. The first-order valence-electron chi connectivity index (χ1n) is 7.17. The Morgan fingerprint density at radius 1 is 1.23 bits per heavy atom. The van der Waals surface area contributed by atoms with E-state index in [0.717, 1.165) is 21.1 Å². The highest BCUT2D eigenvalue weighted by Gasteiger charge is 2.46. The second-order valence-electron chi connectivity index (χ2n) is 5.97. The van der Waals surface area contributed by atoms with E-state index in [-0.39, 0.29) is 17.4 Å². The van der Waals surface area contributed by atoms with Crippen molar-refractivity contribution in [1.82, 2.24) is 4.90 Å². The van der Waals surface area contributed by atoms with Gasteiger partial charge in [-0.25, -0.2) is 0 Å². The predicted molar refractivity (Wildman–Crippen MR) is 99.0 cm³/mol. The molecule has 22 heavy (non-hydrogen) atoms. The minimum absolute atomic E-state index is 0.00377. The third kappa shape index (κ3) is 2.35. The van der Waals surface area contributed by atoms with E-state index >= 15 is 0 Å². The normalized spacial score (nSPS) is 24.3. The molecule has 0 saturated heterocycles. The number of hydrogen-bond acceptors (Lipinski definition) is 1. The largest absolute Gasteiger partial charge is 0.334 e. The average Bonchev–Trinajstić information content (AvgIpc) is 2.54.